The Hall–Kier alpha value is -1.94. The van der Waals surface area contributed by atoms with E-state index in [1.165, 1.54) is 5.56 Å². The van der Waals surface area contributed by atoms with Crippen LogP contribution in [0, 0.1) is 13.8 Å². The Morgan fingerprint density at radius 3 is 2.53 bits per heavy atom. The SMILES string of the molecule is Cc1ncc(NC(CO)Cc2ccccc2)nc1C. The van der Waals surface area contributed by atoms with Gasteiger partial charge in [0.25, 0.3) is 0 Å². The van der Waals surface area contributed by atoms with Gasteiger partial charge in [-0.25, -0.2) is 4.98 Å². The molecule has 0 amide bonds. The summed E-state index contributed by atoms with van der Waals surface area (Å²) in [5.41, 5.74) is 3.02. The lowest BCUT2D eigenvalue weighted by molar-refractivity contribution is 0.273. The number of nitrogens with one attached hydrogen (secondary N) is 1. The van der Waals surface area contributed by atoms with Crippen LogP contribution >= 0.6 is 0 Å². The average Bonchev–Trinajstić information content (AvgIpc) is 2.43. The fraction of sp³-hybridized carbons (Fsp3) is 0.333. The van der Waals surface area contributed by atoms with Crippen LogP contribution in [0.4, 0.5) is 5.82 Å². The van der Waals surface area contributed by atoms with Gasteiger partial charge in [-0.15, -0.1) is 0 Å². The second-order valence-electron chi connectivity index (χ2n) is 4.64. The van der Waals surface area contributed by atoms with Crippen molar-refractivity contribution in [2.45, 2.75) is 26.3 Å². The van der Waals surface area contributed by atoms with Crippen molar-refractivity contribution in [3.05, 3.63) is 53.5 Å². The highest BCUT2D eigenvalue weighted by Gasteiger charge is 2.09. The first kappa shape index (κ1) is 13.5. The van der Waals surface area contributed by atoms with Crippen molar-refractivity contribution in [1.29, 1.82) is 0 Å². The Labute approximate surface area is 113 Å². The van der Waals surface area contributed by atoms with E-state index in [1.54, 1.807) is 6.20 Å². The minimum Gasteiger partial charge on any atom is -0.394 e. The van der Waals surface area contributed by atoms with Crippen molar-refractivity contribution in [3.63, 3.8) is 0 Å². The number of rotatable bonds is 5. The summed E-state index contributed by atoms with van der Waals surface area (Å²) in [7, 11) is 0. The van der Waals surface area contributed by atoms with Crippen LogP contribution in [0.5, 0.6) is 0 Å². The summed E-state index contributed by atoms with van der Waals surface area (Å²) >= 11 is 0. The molecule has 1 aromatic heterocycles. The lowest BCUT2D eigenvalue weighted by atomic mass is 10.1. The number of benzene rings is 1. The zero-order chi connectivity index (χ0) is 13.7. The zero-order valence-corrected chi connectivity index (χ0v) is 11.3. The van der Waals surface area contributed by atoms with E-state index < -0.39 is 0 Å². The Balaban J connectivity index is 2.04. The molecule has 19 heavy (non-hydrogen) atoms. The molecule has 1 aromatic carbocycles. The van der Waals surface area contributed by atoms with E-state index in [0.717, 1.165) is 17.8 Å². The summed E-state index contributed by atoms with van der Waals surface area (Å²) in [6.45, 7) is 3.92. The molecule has 0 fully saturated rings. The van der Waals surface area contributed by atoms with E-state index >= 15 is 0 Å². The average molecular weight is 257 g/mol. The van der Waals surface area contributed by atoms with Gasteiger partial charge in [0.05, 0.1) is 30.2 Å². The Bertz CT molecular complexity index is 528. The summed E-state index contributed by atoms with van der Waals surface area (Å²) in [5, 5.41) is 12.7. The lowest BCUT2D eigenvalue weighted by Crippen LogP contribution is -2.27. The monoisotopic (exact) mass is 257 g/mol. The first-order chi connectivity index (χ1) is 9.19. The van der Waals surface area contributed by atoms with Gasteiger partial charge in [0, 0.05) is 0 Å². The number of anilines is 1. The third-order valence-corrected chi connectivity index (χ3v) is 3.09. The van der Waals surface area contributed by atoms with Gasteiger partial charge in [0.15, 0.2) is 0 Å². The predicted octanol–water partition coefficient (Wildman–Crippen LogP) is 2.11. The maximum Gasteiger partial charge on any atom is 0.145 e. The van der Waals surface area contributed by atoms with Gasteiger partial charge in [-0.2, -0.15) is 0 Å². The molecule has 0 saturated heterocycles. The van der Waals surface area contributed by atoms with E-state index in [9.17, 15) is 5.11 Å². The number of nitrogens with zero attached hydrogens (tertiary/aromatic N) is 2. The first-order valence-electron chi connectivity index (χ1n) is 6.40. The van der Waals surface area contributed by atoms with Gasteiger partial charge in [-0.05, 0) is 25.8 Å². The Kier molecular flexibility index (Phi) is 4.47. The summed E-state index contributed by atoms with van der Waals surface area (Å²) in [6, 6.07) is 10.0. The topological polar surface area (TPSA) is 58.0 Å². The molecule has 0 saturated carbocycles. The highest BCUT2D eigenvalue weighted by atomic mass is 16.3. The largest absolute Gasteiger partial charge is 0.394 e. The molecule has 2 rings (SSSR count). The van der Waals surface area contributed by atoms with Crippen LogP contribution in [0.25, 0.3) is 0 Å². The molecule has 1 heterocycles. The molecule has 0 spiro atoms. The highest BCUT2D eigenvalue weighted by Crippen LogP contribution is 2.10. The fourth-order valence-corrected chi connectivity index (χ4v) is 1.88. The Morgan fingerprint density at radius 2 is 1.89 bits per heavy atom. The molecular weight excluding hydrogens is 238 g/mol. The van der Waals surface area contributed by atoms with Gasteiger partial charge in [-0.3, -0.25) is 4.98 Å². The normalized spacial score (nSPS) is 12.2. The third-order valence-electron chi connectivity index (χ3n) is 3.09. The fourth-order valence-electron chi connectivity index (χ4n) is 1.88. The first-order valence-corrected chi connectivity index (χ1v) is 6.40. The van der Waals surface area contributed by atoms with Gasteiger partial charge < -0.3 is 10.4 Å². The molecule has 0 aliphatic heterocycles. The molecule has 100 valence electrons. The number of hydrogen-bond donors (Lipinski definition) is 2. The maximum atomic E-state index is 9.46. The van der Waals surface area contributed by atoms with Crippen LogP contribution in [0.2, 0.25) is 0 Å². The van der Waals surface area contributed by atoms with Gasteiger partial charge in [-0.1, -0.05) is 30.3 Å². The van der Waals surface area contributed by atoms with Crippen molar-refractivity contribution in [1.82, 2.24) is 9.97 Å². The van der Waals surface area contributed by atoms with Crippen molar-refractivity contribution >= 4 is 5.82 Å². The second kappa shape index (κ2) is 6.29. The number of aliphatic hydroxyl groups is 1. The van der Waals surface area contributed by atoms with Crippen molar-refractivity contribution in [3.8, 4) is 0 Å². The maximum absolute atomic E-state index is 9.46. The third kappa shape index (κ3) is 3.76. The summed E-state index contributed by atoms with van der Waals surface area (Å²) in [5.74, 6) is 0.707. The highest BCUT2D eigenvalue weighted by molar-refractivity contribution is 5.35. The minimum atomic E-state index is -0.0567. The molecule has 2 N–H and O–H groups in total. The lowest BCUT2D eigenvalue weighted by Gasteiger charge is -2.17. The molecule has 1 atom stereocenters. The molecule has 0 aliphatic rings. The number of aromatic nitrogens is 2. The van der Waals surface area contributed by atoms with Crippen LogP contribution in [0.1, 0.15) is 17.0 Å². The molecule has 2 aromatic rings. The van der Waals surface area contributed by atoms with Crippen molar-refractivity contribution in [2.75, 3.05) is 11.9 Å². The smallest absolute Gasteiger partial charge is 0.145 e. The molecule has 4 nitrogen and oxygen atoms in total. The van der Waals surface area contributed by atoms with Crippen LogP contribution in [-0.2, 0) is 6.42 Å². The van der Waals surface area contributed by atoms with Crippen molar-refractivity contribution < 1.29 is 5.11 Å². The molecule has 0 radical (unpaired) electrons. The van der Waals surface area contributed by atoms with E-state index in [0.29, 0.717) is 5.82 Å². The van der Waals surface area contributed by atoms with Crippen LogP contribution in [0.3, 0.4) is 0 Å². The van der Waals surface area contributed by atoms with Crippen LogP contribution < -0.4 is 5.32 Å². The van der Waals surface area contributed by atoms with Crippen LogP contribution in [0.15, 0.2) is 36.5 Å². The van der Waals surface area contributed by atoms with E-state index in [-0.39, 0.29) is 12.6 Å². The molecule has 1 unspecified atom stereocenters. The summed E-state index contributed by atoms with van der Waals surface area (Å²) in [6.07, 6.45) is 2.46. The zero-order valence-electron chi connectivity index (χ0n) is 11.3. The molecular formula is C15H19N3O. The standard InChI is InChI=1S/C15H19N3O/c1-11-12(2)17-15(9-16-11)18-14(10-19)8-13-6-4-3-5-7-13/h3-7,9,14,19H,8,10H2,1-2H3,(H,17,18). The number of hydrogen-bond acceptors (Lipinski definition) is 4. The Morgan fingerprint density at radius 1 is 1.16 bits per heavy atom. The molecule has 4 heteroatoms. The quantitative estimate of drug-likeness (QED) is 0.861. The second-order valence-corrected chi connectivity index (χ2v) is 4.64. The van der Waals surface area contributed by atoms with Crippen LogP contribution in [-0.4, -0.2) is 27.7 Å². The summed E-state index contributed by atoms with van der Waals surface area (Å²) < 4.78 is 0. The van der Waals surface area contributed by atoms with Gasteiger partial charge in [0.1, 0.15) is 5.82 Å². The van der Waals surface area contributed by atoms with E-state index in [1.807, 2.05) is 32.0 Å². The van der Waals surface area contributed by atoms with Gasteiger partial charge in [0.2, 0.25) is 0 Å². The minimum absolute atomic E-state index is 0.0567. The molecule has 0 bridgehead atoms. The van der Waals surface area contributed by atoms with Crippen molar-refractivity contribution in [2.24, 2.45) is 0 Å². The van der Waals surface area contributed by atoms with E-state index in [4.69, 9.17) is 0 Å². The number of aliphatic hydroxyl groups excluding tert-OH is 1. The van der Waals surface area contributed by atoms with Gasteiger partial charge >= 0.3 is 0 Å². The predicted molar refractivity (Wildman–Crippen MR) is 76.1 cm³/mol. The molecule has 0 aliphatic carbocycles. The van der Waals surface area contributed by atoms with E-state index in [2.05, 4.69) is 27.4 Å². The number of aryl methyl sites for hydroxylation is 2. The summed E-state index contributed by atoms with van der Waals surface area (Å²) in [4.78, 5) is 8.68.